The molecule has 0 radical (unpaired) electrons. The first-order chi connectivity index (χ1) is 17.5. The molecule has 0 aliphatic heterocycles. The van der Waals surface area contributed by atoms with Crippen molar-refractivity contribution in [2.75, 3.05) is 5.32 Å². The van der Waals surface area contributed by atoms with Gasteiger partial charge in [-0.3, -0.25) is 4.98 Å². The van der Waals surface area contributed by atoms with Crippen LogP contribution in [0.1, 0.15) is 55.3 Å². The van der Waals surface area contributed by atoms with Gasteiger partial charge in [0, 0.05) is 18.0 Å². The van der Waals surface area contributed by atoms with E-state index in [9.17, 15) is 26.7 Å². The van der Waals surface area contributed by atoms with Crippen LogP contribution in [0.4, 0.5) is 32.4 Å². The van der Waals surface area contributed by atoms with E-state index in [0.717, 1.165) is 56.4 Å². The van der Waals surface area contributed by atoms with Gasteiger partial charge in [0.2, 0.25) is 0 Å². The number of alkyl halides is 3. The molecule has 1 unspecified atom stereocenters. The summed E-state index contributed by atoms with van der Waals surface area (Å²) in [7, 11) is 0. The molecule has 37 heavy (non-hydrogen) atoms. The average Bonchev–Trinajstić information content (AvgIpc) is 2.83. The molecule has 0 bridgehead atoms. The summed E-state index contributed by atoms with van der Waals surface area (Å²) in [6, 6.07) is 9.56. The monoisotopic (exact) mass is 537 g/mol. The fraction of sp³-hybridized carbons (Fsp3) is 0.333. The van der Waals surface area contributed by atoms with Crippen molar-refractivity contribution in [3.63, 3.8) is 0 Å². The first-order valence-corrected chi connectivity index (χ1v) is 12.3. The molecule has 0 saturated heterocycles. The van der Waals surface area contributed by atoms with Crippen LogP contribution in [0.5, 0.6) is 0 Å². The van der Waals surface area contributed by atoms with Gasteiger partial charge in [-0.1, -0.05) is 55.8 Å². The molecular formula is C27H25ClF5N3O. The van der Waals surface area contributed by atoms with Gasteiger partial charge in [-0.15, -0.1) is 0 Å². The standard InChI is InChI=1S/C27H25ClF5N3O/c28-20-9-10-24(34-16-20)26(15-17-5-2-1-3-6-17,18-7-4-8-19(11-18)27(31,32)33)36-25(37)35-23-13-21(29)12-22(30)14-23/h4,7-14,16-17H,1-3,5-6,15H2,(H2,35,36,37). The minimum absolute atomic E-state index is 0.0904. The van der Waals surface area contributed by atoms with E-state index in [-0.39, 0.29) is 23.6 Å². The van der Waals surface area contributed by atoms with E-state index in [1.807, 2.05) is 0 Å². The number of urea groups is 1. The summed E-state index contributed by atoms with van der Waals surface area (Å²) in [6.07, 6.45) is 1.69. The summed E-state index contributed by atoms with van der Waals surface area (Å²) in [5.74, 6) is -1.69. The van der Waals surface area contributed by atoms with Crippen molar-refractivity contribution in [3.8, 4) is 0 Å². The number of hydrogen-bond acceptors (Lipinski definition) is 2. The minimum Gasteiger partial charge on any atom is -0.323 e. The second kappa shape index (κ2) is 11.0. The number of benzene rings is 2. The zero-order chi connectivity index (χ0) is 26.6. The lowest BCUT2D eigenvalue weighted by Gasteiger charge is -2.39. The summed E-state index contributed by atoms with van der Waals surface area (Å²) >= 11 is 6.05. The van der Waals surface area contributed by atoms with Crippen LogP contribution in [0.15, 0.2) is 60.8 Å². The molecule has 4 rings (SSSR count). The molecule has 1 fully saturated rings. The highest BCUT2D eigenvalue weighted by atomic mass is 35.5. The smallest absolute Gasteiger partial charge is 0.323 e. The Morgan fingerprint density at radius 2 is 1.62 bits per heavy atom. The molecule has 10 heteroatoms. The molecule has 1 aromatic heterocycles. The second-order valence-corrected chi connectivity index (χ2v) is 9.73. The summed E-state index contributed by atoms with van der Waals surface area (Å²) < 4.78 is 68.5. The van der Waals surface area contributed by atoms with Gasteiger partial charge >= 0.3 is 12.2 Å². The van der Waals surface area contributed by atoms with E-state index in [1.54, 1.807) is 12.1 Å². The molecule has 2 N–H and O–H groups in total. The van der Waals surface area contributed by atoms with Gasteiger partial charge in [0.1, 0.15) is 17.2 Å². The van der Waals surface area contributed by atoms with Crippen LogP contribution in [-0.4, -0.2) is 11.0 Å². The van der Waals surface area contributed by atoms with Crippen LogP contribution in [-0.2, 0) is 11.7 Å². The maximum absolute atomic E-state index is 13.7. The molecule has 1 saturated carbocycles. The number of halogens is 6. The quantitative estimate of drug-likeness (QED) is 0.312. The predicted octanol–water partition coefficient (Wildman–Crippen LogP) is 8.07. The lowest BCUT2D eigenvalue weighted by molar-refractivity contribution is -0.137. The van der Waals surface area contributed by atoms with Crippen molar-refractivity contribution < 1.29 is 26.7 Å². The zero-order valence-corrected chi connectivity index (χ0v) is 20.5. The number of carbonyl (C=O) groups is 1. The number of anilines is 1. The van der Waals surface area contributed by atoms with Crippen LogP contribution in [0.3, 0.4) is 0 Å². The average molecular weight is 538 g/mol. The maximum atomic E-state index is 13.7. The number of aromatic nitrogens is 1. The fourth-order valence-electron chi connectivity index (χ4n) is 4.95. The Balaban J connectivity index is 1.82. The number of rotatable bonds is 6. The summed E-state index contributed by atoms with van der Waals surface area (Å²) in [5, 5.41) is 5.55. The molecule has 0 spiro atoms. The van der Waals surface area contributed by atoms with E-state index in [0.29, 0.717) is 16.8 Å². The zero-order valence-electron chi connectivity index (χ0n) is 19.7. The minimum atomic E-state index is -4.61. The van der Waals surface area contributed by atoms with Gasteiger partial charge in [-0.05, 0) is 54.3 Å². The molecular weight excluding hydrogens is 513 g/mol. The van der Waals surface area contributed by atoms with E-state index in [4.69, 9.17) is 11.6 Å². The Hall–Kier alpha value is -3.20. The number of hydrogen-bond donors (Lipinski definition) is 2. The third kappa shape index (κ3) is 6.57. The normalized spacial score (nSPS) is 16.2. The van der Waals surface area contributed by atoms with Crippen molar-refractivity contribution >= 4 is 23.3 Å². The number of pyridine rings is 1. The molecule has 1 aliphatic carbocycles. The lowest BCUT2D eigenvalue weighted by atomic mass is 9.74. The number of carbonyl (C=O) groups excluding carboxylic acids is 1. The second-order valence-electron chi connectivity index (χ2n) is 9.29. The molecule has 196 valence electrons. The lowest BCUT2D eigenvalue weighted by Crippen LogP contribution is -2.50. The molecule has 2 amide bonds. The van der Waals surface area contributed by atoms with E-state index in [2.05, 4.69) is 15.6 Å². The maximum Gasteiger partial charge on any atom is 0.416 e. The molecule has 3 aromatic rings. The molecule has 1 aliphatic rings. The first-order valence-electron chi connectivity index (χ1n) is 11.9. The third-order valence-corrected chi connectivity index (χ3v) is 6.84. The highest BCUT2D eigenvalue weighted by Gasteiger charge is 2.41. The van der Waals surface area contributed by atoms with Gasteiger partial charge in [0.25, 0.3) is 0 Å². The van der Waals surface area contributed by atoms with E-state index < -0.39 is 34.9 Å². The van der Waals surface area contributed by atoms with E-state index >= 15 is 0 Å². The van der Waals surface area contributed by atoms with Crippen LogP contribution < -0.4 is 10.6 Å². The summed E-state index contributed by atoms with van der Waals surface area (Å²) in [4.78, 5) is 17.6. The van der Waals surface area contributed by atoms with Gasteiger partial charge in [-0.2, -0.15) is 13.2 Å². The van der Waals surface area contributed by atoms with Gasteiger partial charge in [0.15, 0.2) is 0 Å². The highest BCUT2D eigenvalue weighted by Crippen LogP contribution is 2.41. The van der Waals surface area contributed by atoms with E-state index in [1.165, 1.54) is 18.3 Å². The van der Waals surface area contributed by atoms with Crippen molar-refractivity contribution in [2.24, 2.45) is 5.92 Å². The fourth-order valence-corrected chi connectivity index (χ4v) is 5.07. The van der Waals surface area contributed by atoms with Gasteiger partial charge in [-0.25, -0.2) is 13.6 Å². The molecule has 1 heterocycles. The number of nitrogens with zero attached hydrogens (tertiary/aromatic N) is 1. The van der Waals surface area contributed by atoms with Crippen molar-refractivity contribution in [1.82, 2.24) is 10.3 Å². The Morgan fingerprint density at radius 3 is 2.24 bits per heavy atom. The molecule has 4 nitrogen and oxygen atoms in total. The third-order valence-electron chi connectivity index (χ3n) is 6.61. The Bertz CT molecular complexity index is 1230. The van der Waals surface area contributed by atoms with Crippen LogP contribution in [0.2, 0.25) is 5.02 Å². The molecule has 2 aromatic carbocycles. The van der Waals surface area contributed by atoms with Crippen LogP contribution >= 0.6 is 11.6 Å². The summed E-state index contributed by atoms with van der Waals surface area (Å²) in [5.41, 5.74) is -2.02. The topological polar surface area (TPSA) is 54.0 Å². The van der Waals surface area contributed by atoms with Gasteiger partial charge < -0.3 is 10.6 Å². The van der Waals surface area contributed by atoms with Crippen LogP contribution in [0, 0.1) is 17.6 Å². The van der Waals surface area contributed by atoms with Gasteiger partial charge in [0.05, 0.1) is 16.3 Å². The van der Waals surface area contributed by atoms with Crippen molar-refractivity contribution in [2.45, 2.75) is 50.2 Å². The Morgan fingerprint density at radius 1 is 0.946 bits per heavy atom. The highest BCUT2D eigenvalue weighted by molar-refractivity contribution is 6.30. The Kier molecular flexibility index (Phi) is 8.02. The molecule has 1 atom stereocenters. The Labute approximate surface area is 216 Å². The number of nitrogens with one attached hydrogen (secondary N) is 2. The van der Waals surface area contributed by atoms with Crippen molar-refractivity contribution in [3.05, 3.63) is 94.3 Å². The SMILES string of the molecule is O=C(Nc1cc(F)cc(F)c1)NC(CC1CCCCC1)(c1cccc(C(F)(F)F)c1)c1ccc(Cl)cn1. The van der Waals surface area contributed by atoms with Crippen LogP contribution in [0.25, 0.3) is 0 Å². The first kappa shape index (κ1) is 26.9. The summed E-state index contributed by atoms with van der Waals surface area (Å²) in [6.45, 7) is 0. The van der Waals surface area contributed by atoms with Crippen molar-refractivity contribution in [1.29, 1.82) is 0 Å². The largest absolute Gasteiger partial charge is 0.416 e. The number of amides is 2. The predicted molar refractivity (Wildman–Crippen MR) is 131 cm³/mol.